The van der Waals surface area contributed by atoms with E-state index in [1.807, 2.05) is 24.3 Å². The van der Waals surface area contributed by atoms with Gasteiger partial charge < -0.3 is 19.5 Å². The minimum absolute atomic E-state index is 0.121. The summed E-state index contributed by atoms with van der Waals surface area (Å²) in [6.45, 7) is 3.30. The number of nitrogens with one attached hydrogen (secondary N) is 1. The molecule has 2 aliphatic rings. The van der Waals surface area contributed by atoms with Crippen molar-refractivity contribution in [3.8, 4) is 5.75 Å². The van der Waals surface area contributed by atoms with Crippen LogP contribution in [0.3, 0.4) is 0 Å². The average molecular weight is 355 g/mol. The molecule has 1 atom stereocenters. The fourth-order valence-corrected chi connectivity index (χ4v) is 3.41. The van der Waals surface area contributed by atoms with Gasteiger partial charge in [-0.05, 0) is 25.5 Å². The third kappa shape index (κ3) is 3.02. The summed E-state index contributed by atoms with van der Waals surface area (Å²) in [5, 5.41) is 11.1. The highest BCUT2D eigenvalue weighted by molar-refractivity contribution is 6.00. The SMILES string of the molecule is CC1Oc2ccccc2N(CCC(=O)NCc2nnc3n2CCC3)C1=O. The number of benzene rings is 1. The lowest BCUT2D eigenvalue weighted by molar-refractivity contribution is -0.125. The van der Waals surface area contributed by atoms with Gasteiger partial charge in [0.2, 0.25) is 5.91 Å². The molecular formula is C18H21N5O3. The smallest absolute Gasteiger partial charge is 0.267 e. The Morgan fingerprint density at radius 2 is 2.19 bits per heavy atom. The summed E-state index contributed by atoms with van der Waals surface area (Å²) < 4.78 is 7.67. The van der Waals surface area contributed by atoms with E-state index in [0.29, 0.717) is 24.5 Å². The number of nitrogens with zero attached hydrogens (tertiary/aromatic N) is 4. The van der Waals surface area contributed by atoms with Gasteiger partial charge in [-0.2, -0.15) is 0 Å². The Morgan fingerprint density at radius 1 is 1.35 bits per heavy atom. The first kappa shape index (κ1) is 16.6. The first-order valence-electron chi connectivity index (χ1n) is 8.88. The predicted octanol–water partition coefficient (Wildman–Crippen LogP) is 1.04. The number of aromatic nitrogens is 3. The Bertz CT molecular complexity index is 847. The van der Waals surface area contributed by atoms with Gasteiger partial charge in [0.1, 0.15) is 11.6 Å². The second-order valence-electron chi connectivity index (χ2n) is 6.53. The van der Waals surface area contributed by atoms with Crippen molar-refractivity contribution in [2.75, 3.05) is 11.4 Å². The lowest BCUT2D eigenvalue weighted by atomic mass is 10.1. The van der Waals surface area contributed by atoms with E-state index >= 15 is 0 Å². The number of amides is 2. The van der Waals surface area contributed by atoms with Crippen LogP contribution in [-0.4, -0.2) is 39.2 Å². The summed E-state index contributed by atoms with van der Waals surface area (Å²) >= 11 is 0. The zero-order valence-corrected chi connectivity index (χ0v) is 14.6. The van der Waals surface area contributed by atoms with Crippen molar-refractivity contribution < 1.29 is 14.3 Å². The highest BCUT2D eigenvalue weighted by Crippen LogP contribution is 2.33. The Hall–Kier alpha value is -2.90. The van der Waals surface area contributed by atoms with Crippen molar-refractivity contribution in [1.82, 2.24) is 20.1 Å². The number of hydrogen-bond acceptors (Lipinski definition) is 5. The number of hydrogen-bond donors (Lipinski definition) is 1. The van der Waals surface area contributed by atoms with E-state index in [1.54, 1.807) is 11.8 Å². The quantitative estimate of drug-likeness (QED) is 0.866. The predicted molar refractivity (Wildman–Crippen MR) is 93.7 cm³/mol. The standard InChI is InChI=1S/C18H21N5O3/c1-12-18(25)22(13-5-2-3-6-14(13)26-12)10-8-17(24)19-11-16-21-20-15-7-4-9-23(15)16/h2-3,5-6,12H,4,7-11H2,1H3,(H,19,24). The van der Waals surface area contributed by atoms with Gasteiger partial charge in [-0.15, -0.1) is 10.2 Å². The second-order valence-corrected chi connectivity index (χ2v) is 6.53. The van der Waals surface area contributed by atoms with Crippen molar-refractivity contribution >= 4 is 17.5 Å². The molecule has 0 radical (unpaired) electrons. The summed E-state index contributed by atoms with van der Waals surface area (Å²) in [4.78, 5) is 26.3. The first-order valence-corrected chi connectivity index (χ1v) is 8.88. The molecule has 4 rings (SSSR count). The zero-order valence-electron chi connectivity index (χ0n) is 14.6. The molecule has 0 bridgehead atoms. The fraction of sp³-hybridized carbons (Fsp3) is 0.444. The Kier molecular flexibility index (Phi) is 4.32. The molecule has 3 heterocycles. The minimum Gasteiger partial charge on any atom is -0.479 e. The van der Waals surface area contributed by atoms with Crippen molar-refractivity contribution in [3.63, 3.8) is 0 Å². The van der Waals surface area contributed by atoms with Crippen molar-refractivity contribution in [3.05, 3.63) is 35.9 Å². The maximum absolute atomic E-state index is 12.4. The van der Waals surface area contributed by atoms with Crippen LogP contribution in [0.15, 0.2) is 24.3 Å². The average Bonchev–Trinajstić information content (AvgIpc) is 3.24. The van der Waals surface area contributed by atoms with Crippen molar-refractivity contribution in [1.29, 1.82) is 0 Å². The second kappa shape index (κ2) is 6.78. The summed E-state index contributed by atoms with van der Waals surface area (Å²) in [6.07, 6.45) is 1.68. The number of ether oxygens (including phenoxy) is 1. The maximum Gasteiger partial charge on any atom is 0.267 e. The number of rotatable bonds is 5. The van der Waals surface area contributed by atoms with Gasteiger partial charge in [0.25, 0.3) is 5.91 Å². The van der Waals surface area contributed by atoms with Gasteiger partial charge >= 0.3 is 0 Å². The van der Waals surface area contributed by atoms with E-state index in [9.17, 15) is 9.59 Å². The summed E-state index contributed by atoms with van der Waals surface area (Å²) in [5.74, 6) is 2.18. The van der Waals surface area contributed by atoms with Crippen LogP contribution in [0.4, 0.5) is 5.69 Å². The van der Waals surface area contributed by atoms with E-state index < -0.39 is 6.10 Å². The normalized spacial score (nSPS) is 18.3. The highest BCUT2D eigenvalue weighted by atomic mass is 16.5. The van der Waals surface area contributed by atoms with Gasteiger partial charge in [-0.3, -0.25) is 9.59 Å². The molecule has 2 aliphatic heterocycles. The summed E-state index contributed by atoms with van der Waals surface area (Å²) in [7, 11) is 0. The Morgan fingerprint density at radius 3 is 3.08 bits per heavy atom. The largest absolute Gasteiger partial charge is 0.479 e. The third-order valence-corrected chi connectivity index (χ3v) is 4.77. The number of carbonyl (C=O) groups excluding carboxylic acids is 2. The number of fused-ring (bicyclic) bond motifs is 2. The van der Waals surface area contributed by atoms with Crippen LogP contribution in [-0.2, 0) is 29.1 Å². The van der Waals surface area contributed by atoms with Crippen LogP contribution in [0.2, 0.25) is 0 Å². The molecule has 0 saturated heterocycles. The third-order valence-electron chi connectivity index (χ3n) is 4.77. The van der Waals surface area contributed by atoms with E-state index in [4.69, 9.17) is 4.74 Å². The van der Waals surface area contributed by atoms with Crippen LogP contribution in [0.25, 0.3) is 0 Å². The monoisotopic (exact) mass is 355 g/mol. The molecule has 2 amide bonds. The lowest BCUT2D eigenvalue weighted by Crippen LogP contribution is -2.45. The molecule has 1 aromatic heterocycles. The highest BCUT2D eigenvalue weighted by Gasteiger charge is 2.31. The van der Waals surface area contributed by atoms with Gasteiger partial charge in [0.05, 0.1) is 12.2 Å². The molecule has 8 nitrogen and oxygen atoms in total. The van der Waals surface area contributed by atoms with Crippen LogP contribution in [0.1, 0.15) is 31.4 Å². The lowest BCUT2D eigenvalue weighted by Gasteiger charge is -2.32. The summed E-state index contributed by atoms with van der Waals surface area (Å²) in [6, 6.07) is 7.38. The molecule has 0 aliphatic carbocycles. The van der Waals surface area contributed by atoms with E-state index in [-0.39, 0.29) is 18.2 Å². The van der Waals surface area contributed by atoms with E-state index in [1.165, 1.54) is 0 Å². The molecule has 0 fully saturated rings. The van der Waals surface area contributed by atoms with Gasteiger partial charge in [0.15, 0.2) is 11.9 Å². The molecule has 1 aromatic carbocycles. The first-order chi connectivity index (χ1) is 12.6. The minimum atomic E-state index is -0.549. The molecule has 0 saturated carbocycles. The molecule has 26 heavy (non-hydrogen) atoms. The molecule has 8 heteroatoms. The van der Waals surface area contributed by atoms with E-state index in [2.05, 4.69) is 20.1 Å². The number of anilines is 1. The van der Waals surface area contributed by atoms with Crippen molar-refractivity contribution in [2.24, 2.45) is 0 Å². The molecule has 0 spiro atoms. The fourth-order valence-electron chi connectivity index (χ4n) is 3.41. The molecular weight excluding hydrogens is 334 g/mol. The van der Waals surface area contributed by atoms with Crippen LogP contribution in [0.5, 0.6) is 5.75 Å². The number of carbonyl (C=O) groups is 2. The number of aryl methyl sites for hydroxylation is 1. The van der Waals surface area contributed by atoms with Crippen LogP contribution < -0.4 is 15.0 Å². The van der Waals surface area contributed by atoms with Gasteiger partial charge in [-0.25, -0.2) is 0 Å². The molecule has 1 N–H and O–H groups in total. The van der Waals surface area contributed by atoms with Crippen LogP contribution >= 0.6 is 0 Å². The molecule has 2 aromatic rings. The topological polar surface area (TPSA) is 89.3 Å². The van der Waals surface area contributed by atoms with Crippen molar-refractivity contribution in [2.45, 2.75) is 45.4 Å². The Labute approximate surface area is 151 Å². The number of para-hydroxylation sites is 2. The van der Waals surface area contributed by atoms with E-state index in [0.717, 1.165) is 31.0 Å². The van der Waals surface area contributed by atoms with Gasteiger partial charge in [0, 0.05) is 25.9 Å². The summed E-state index contributed by atoms with van der Waals surface area (Å²) in [5.41, 5.74) is 0.707. The molecule has 1 unspecified atom stereocenters. The maximum atomic E-state index is 12.4. The zero-order chi connectivity index (χ0) is 18.1. The van der Waals surface area contributed by atoms with Crippen LogP contribution in [0, 0.1) is 0 Å². The Balaban J connectivity index is 1.36. The van der Waals surface area contributed by atoms with Gasteiger partial charge in [-0.1, -0.05) is 12.1 Å². The molecule has 136 valence electrons.